The number of nitrogens with zero attached hydrogens (tertiary/aromatic N) is 2. The number of anilines is 1. The molecule has 1 heterocycles. The molecule has 2 aromatic carbocycles. The Bertz CT molecular complexity index is 828. The molecule has 1 fully saturated rings. The number of piperidine rings is 1. The first-order valence-corrected chi connectivity index (χ1v) is 11.0. The molecule has 4 rings (SSSR count). The summed E-state index contributed by atoms with van der Waals surface area (Å²) in [7, 11) is 0. The molecule has 1 N–H and O–H groups in total. The van der Waals surface area contributed by atoms with E-state index in [4.69, 9.17) is 0 Å². The van der Waals surface area contributed by atoms with Crippen LogP contribution in [0.5, 0.6) is 0 Å². The van der Waals surface area contributed by atoms with Crippen LogP contribution in [0.15, 0.2) is 48.5 Å². The average Bonchev–Trinajstić information content (AvgIpc) is 2.76. The molecule has 1 aliphatic heterocycles. The Kier molecular flexibility index (Phi) is 6.31. The van der Waals surface area contributed by atoms with E-state index < -0.39 is 0 Å². The maximum Gasteiger partial charge on any atom is 0.226 e. The second kappa shape index (κ2) is 9.10. The van der Waals surface area contributed by atoms with Crippen LogP contribution >= 0.6 is 0 Å². The summed E-state index contributed by atoms with van der Waals surface area (Å²) in [5.74, 6) is 0.211. The summed E-state index contributed by atoms with van der Waals surface area (Å²) in [5.41, 5.74) is 4.79. The molecular formula is C25H32N2O2. The molecular weight excluding hydrogens is 360 g/mol. The number of rotatable bonds is 5. The zero-order valence-corrected chi connectivity index (χ0v) is 17.4. The van der Waals surface area contributed by atoms with Gasteiger partial charge in [0.2, 0.25) is 5.91 Å². The number of benzene rings is 2. The van der Waals surface area contributed by atoms with Gasteiger partial charge in [-0.3, -0.25) is 9.69 Å². The van der Waals surface area contributed by atoms with Gasteiger partial charge in [-0.05, 0) is 60.9 Å². The maximum atomic E-state index is 12.6. The van der Waals surface area contributed by atoms with E-state index in [1.165, 1.54) is 11.1 Å². The van der Waals surface area contributed by atoms with Crippen LogP contribution in [0.4, 0.5) is 5.69 Å². The van der Waals surface area contributed by atoms with Gasteiger partial charge in [-0.15, -0.1) is 0 Å². The van der Waals surface area contributed by atoms with Gasteiger partial charge < -0.3 is 10.0 Å². The van der Waals surface area contributed by atoms with Crippen LogP contribution in [-0.4, -0.2) is 35.0 Å². The first-order valence-electron chi connectivity index (χ1n) is 11.0. The fraction of sp³-hybridized carbons (Fsp3) is 0.480. The molecule has 2 aromatic rings. The highest BCUT2D eigenvalue weighted by Crippen LogP contribution is 2.31. The van der Waals surface area contributed by atoms with Gasteiger partial charge in [-0.2, -0.15) is 0 Å². The zero-order chi connectivity index (χ0) is 20.2. The lowest BCUT2D eigenvalue weighted by atomic mass is 9.88. The van der Waals surface area contributed by atoms with Crippen LogP contribution in [0, 0.1) is 0 Å². The number of carbonyl (C=O) groups is 1. The van der Waals surface area contributed by atoms with Crippen molar-refractivity contribution in [2.75, 3.05) is 18.0 Å². The van der Waals surface area contributed by atoms with E-state index in [-0.39, 0.29) is 18.1 Å². The molecule has 0 unspecified atom stereocenters. The number of aliphatic hydroxyl groups excluding tert-OH is 1. The molecule has 154 valence electrons. The Labute approximate surface area is 174 Å². The van der Waals surface area contributed by atoms with Crippen molar-refractivity contribution in [2.24, 2.45) is 0 Å². The van der Waals surface area contributed by atoms with E-state index in [2.05, 4.69) is 23.1 Å². The Morgan fingerprint density at radius 1 is 1.10 bits per heavy atom. The fourth-order valence-electron chi connectivity index (χ4n) is 4.85. The van der Waals surface area contributed by atoms with Crippen molar-refractivity contribution in [3.63, 3.8) is 0 Å². The fourth-order valence-corrected chi connectivity index (χ4v) is 4.85. The molecule has 4 heteroatoms. The van der Waals surface area contributed by atoms with E-state index in [0.717, 1.165) is 63.0 Å². The SMILES string of the molecule is CCC(=O)N(c1ccccc1)C1CCN(Cc2ccc3c(c2)CCC[C@@H]3O)CC1. The van der Waals surface area contributed by atoms with Crippen molar-refractivity contribution in [2.45, 2.75) is 64.1 Å². The van der Waals surface area contributed by atoms with Gasteiger partial charge >= 0.3 is 0 Å². The van der Waals surface area contributed by atoms with Crippen LogP contribution in [0.2, 0.25) is 0 Å². The van der Waals surface area contributed by atoms with E-state index in [1.807, 2.05) is 42.2 Å². The Morgan fingerprint density at radius 3 is 2.59 bits per heavy atom. The van der Waals surface area contributed by atoms with Crippen molar-refractivity contribution >= 4 is 11.6 Å². The standard InChI is InChI=1S/C25H32N2O2/c1-2-25(29)27(21-8-4-3-5-9-21)22-13-15-26(16-14-22)18-19-11-12-23-20(17-19)7-6-10-24(23)28/h3-5,8-9,11-12,17,22,24,28H,2,6-7,10,13-16,18H2,1H3/t24-/m0/s1. The van der Waals surface area contributed by atoms with Gasteiger partial charge in [0, 0.05) is 37.8 Å². The van der Waals surface area contributed by atoms with E-state index in [1.54, 1.807) is 0 Å². The number of amides is 1. The molecule has 0 radical (unpaired) electrons. The molecule has 1 amide bonds. The molecule has 2 aliphatic rings. The lowest BCUT2D eigenvalue weighted by Gasteiger charge is -2.38. The summed E-state index contributed by atoms with van der Waals surface area (Å²) in [6, 6.07) is 17.0. The van der Waals surface area contributed by atoms with Gasteiger partial charge in [0.05, 0.1) is 6.10 Å². The van der Waals surface area contributed by atoms with Gasteiger partial charge in [-0.25, -0.2) is 0 Å². The van der Waals surface area contributed by atoms with Crippen LogP contribution in [0.1, 0.15) is 61.8 Å². The Balaban J connectivity index is 1.39. The average molecular weight is 393 g/mol. The van der Waals surface area contributed by atoms with Crippen LogP contribution in [0.3, 0.4) is 0 Å². The summed E-state index contributed by atoms with van der Waals surface area (Å²) in [6.45, 7) is 4.90. The largest absolute Gasteiger partial charge is 0.388 e. The van der Waals surface area contributed by atoms with E-state index >= 15 is 0 Å². The molecule has 1 saturated heterocycles. The summed E-state index contributed by atoms with van der Waals surface area (Å²) in [5, 5.41) is 10.2. The Hall–Kier alpha value is -2.17. The third-order valence-electron chi connectivity index (χ3n) is 6.42. The van der Waals surface area contributed by atoms with E-state index in [0.29, 0.717) is 6.42 Å². The number of para-hydroxylation sites is 1. The lowest BCUT2D eigenvalue weighted by Crippen LogP contribution is -2.47. The topological polar surface area (TPSA) is 43.8 Å². The summed E-state index contributed by atoms with van der Waals surface area (Å²) >= 11 is 0. The molecule has 0 spiro atoms. The normalized spacial score (nSPS) is 20.3. The number of hydrogen-bond donors (Lipinski definition) is 1. The quantitative estimate of drug-likeness (QED) is 0.817. The highest BCUT2D eigenvalue weighted by molar-refractivity contribution is 5.93. The number of aliphatic hydroxyl groups is 1. The Morgan fingerprint density at radius 2 is 1.86 bits per heavy atom. The molecule has 1 atom stereocenters. The van der Waals surface area contributed by atoms with Crippen molar-refractivity contribution in [3.05, 3.63) is 65.2 Å². The minimum absolute atomic E-state index is 0.211. The van der Waals surface area contributed by atoms with Crippen LogP contribution < -0.4 is 4.90 Å². The molecule has 0 aromatic heterocycles. The first kappa shape index (κ1) is 20.1. The summed E-state index contributed by atoms with van der Waals surface area (Å²) in [4.78, 5) is 17.2. The van der Waals surface area contributed by atoms with Gasteiger partial charge in [0.15, 0.2) is 0 Å². The highest BCUT2D eigenvalue weighted by Gasteiger charge is 2.28. The first-order chi connectivity index (χ1) is 14.2. The number of likely N-dealkylation sites (tertiary alicyclic amines) is 1. The van der Waals surface area contributed by atoms with E-state index in [9.17, 15) is 9.90 Å². The molecule has 29 heavy (non-hydrogen) atoms. The highest BCUT2D eigenvalue weighted by atomic mass is 16.3. The van der Waals surface area contributed by atoms with Crippen LogP contribution in [-0.2, 0) is 17.8 Å². The van der Waals surface area contributed by atoms with Gasteiger partial charge in [-0.1, -0.05) is 43.3 Å². The zero-order valence-electron chi connectivity index (χ0n) is 17.4. The monoisotopic (exact) mass is 392 g/mol. The second-order valence-corrected chi connectivity index (χ2v) is 8.40. The van der Waals surface area contributed by atoms with Crippen LogP contribution in [0.25, 0.3) is 0 Å². The van der Waals surface area contributed by atoms with Crippen molar-refractivity contribution in [1.29, 1.82) is 0 Å². The van der Waals surface area contributed by atoms with Gasteiger partial charge in [0.1, 0.15) is 0 Å². The van der Waals surface area contributed by atoms with Crippen molar-refractivity contribution < 1.29 is 9.90 Å². The maximum absolute atomic E-state index is 12.6. The minimum atomic E-state index is -0.288. The third kappa shape index (κ3) is 4.54. The predicted octanol–water partition coefficient (Wildman–Crippen LogP) is 4.46. The molecule has 4 nitrogen and oxygen atoms in total. The number of carbonyl (C=O) groups excluding carboxylic acids is 1. The number of fused-ring (bicyclic) bond motifs is 1. The number of hydrogen-bond acceptors (Lipinski definition) is 3. The smallest absolute Gasteiger partial charge is 0.226 e. The summed E-state index contributed by atoms with van der Waals surface area (Å²) in [6.07, 6.45) is 5.29. The predicted molar refractivity (Wildman–Crippen MR) is 117 cm³/mol. The molecule has 0 bridgehead atoms. The van der Waals surface area contributed by atoms with Crippen molar-refractivity contribution in [3.8, 4) is 0 Å². The van der Waals surface area contributed by atoms with Gasteiger partial charge in [0.25, 0.3) is 0 Å². The minimum Gasteiger partial charge on any atom is -0.388 e. The molecule has 0 saturated carbocycles. The van der Waals surface area contributed by atoms with Crippen molar-refractivity contribution in [1.82, 2.24) is 4.90 Å². The third-order valence-corrected chi connectivity index (χ3v) is 6.42. The summed E-state index contributed by atoms with van der Waals surface area (Å²) < 4.78 is 0. The number of aryl methyl sites for hydroxylation is 1. The molecule has 1 aliphatic carbocycles. The second-order valence-electron chi connectivity index (χ2n) is 8.40. The lowest BCUT2D eigenvalue weighted by molar-refractivity contribution is -0.119.